The van der Waals surface area contributed by atoms with Crippen LogP contribution in [0.25, 0.3) is 11.0 Å². The number of ether oxygens (including phenoxy) is 1. The van der Waals surface area contributed by atoms with Crippen LogP contribution in [0.5, 0.6) is 0 Å². The fourth-order valence-electron chi connectivity index (χ4n) is 4.44. The second-order valence-corrected chi connectivity index (χ2v) is 8.93. The van der Waals surface area contributed by atoms with Gasteiger partial charge in [0.2, 0.25) is 5.91 Å². The molecule has 0 N–H and O–H groups in total. The molecule has 3 aromatic rings. The van der Waals surface area contributed by atoms with Gasteiger partial charge in [0, 0.05) is 29.0 Å². The lowest BCUT2D eigenvalue weighted by atomic mass is 10.0. The van der Waals surface area contributed by atoms with Crippen LogP contribution in [0.15, 0.2) is 40.3 Å². The molecule has 28 heavy (non-hydrogen) atoms. The maximum absolute atomic E-state index is 13.2. The number of carbonyl (C=O) groups excluding carboxylic acids is 1. The quantitative estimate of drug-likeness (QED) is 0.606. The Labute approximate surface area is 169 Å². The number of hydrogen-bond donors (Lipinski definition) is 0. The Morgan fingerprint density at radius 3 is 2.89 bits per heavy atom. The molecule has 146 valence electrons. The molecule has 1 aliphatic carbocycles. The first-order valence-corrected chi connectivity index (χ1v) is 11.1. The van der Waals surface area contributed by atoms with Crippen LogP contribution in [0, 0.1) is 0 Å². The third-order valence-corrected chi connectivity index (χ3v) is 6.80. The summed E-state index contributed by atoms with van der Waals surface area (Å²) in [7, 11) is 0. The molecular formula is C23H25NO3S. The molecule has 3 heterocycles. The third kappa shape index (κ3) is 3.61. The zero-order chi connectivity index (χ0) is 18.9. The largest absolute Gasteiger partial charge is 0.464 e. The van der Waals surface area contributed by atoms with Crippen LogP contribution in [0.4, 0.5) is 0 Å². The summed E-state index contributed by atoms with van der Waals surface area (Å²) in [6.07, 6.45) is 7.92. The SMILES string of the molecule is O=C(Cc1coc2cc3c(cc12)CCC3)N(Cc1cccs1)CC1CCCO1. The van der Waals surface area contributed by atoms with Crippen molar-refractivity contribution in [1.29, 1.82) is 0 Å². The molecule has 0 spiro atoms. The molecule has 0 bridgehead atoms. The van der Waals surface area contributed by atoms with Crippen molar-refractivity contribution in [2.75, 3.05) is 13.2 Å². The number of fused-ring (bicyclic) bond motifs is 2. The second kappa shape index (κ2) is 7.72. The highest BCUT2D eigenvalue weighted by atomic mass is 32.1. The van der Waals surface area contributed by atoms with Crippen LogP contribution in [0.2, 0.25) is 0 Å². The fourth-order valence-corrected chi connectivity index (χ4v) is 5.16. The van der Waals surface area contributed by atoms with Crippen molar-refractivity contribution in [1.82, 2.24) is 4.90 Å². The minimum atomic E-state index is 0.145. The summed E-state index contributed by atoms with van der Waals surface area (Å²) in [4.78, 5) is 16.4. The highest BCUT2D eigenvalue weighted by Gasteiger charge is 2.24. The van der Waals surface area contributed by atoms with Gasteiger partial charge in [-0.05, 0) is 66.8 Å². The van der Waals surface area contributed by atoms with E-state index in [1.54, 1.807) is 17.6 Å². The molecule has 1 atom stereocenters. The van der Waals surface area contributed by atoms with E-state index in [0.717, 1.165) is 48.8 Å². The van der Waals surface area contributed by atoms with Crippen molar-refractivity contribution < 1.29 is 13.9 Å². The normalized spacial score (nSPS) is 18.6. The lowest BCUT2D eigenvalue weighted by Crippen LogP contribution is -2.37. The summed E-state index contributed by atoms with van der Waals surface area (Å²) in [5.74, 6) is 0.145. The highest BCUT2D eigenvalue weighted by Crippen LogP contribution is 2.31. The van der Waals surface area contributed by atoms with E-state index in [2.05, 4.69) is 23.6 Å². The molecule has 0 saturated carbocycles. The minimum Gasteiger partial charge on any atom is -0.464 e. The molecule has 2 aliphatic rings. The topological polar surface area (TPSA) is 42.7 Å². The number of rotatable bonds is 6. The Morgan fingerprint density at radius 1 is 1.21 bits per heavy atom. The van der Waals surface area contributed by atoms with Crippen molar-refractivity contribution >= 4 is 28.2 Å². The van der Waals surface area contributed by atoms with Crippen LogP contribution >= 0.6 is 11.3 Å². The fraction of sp³-hybridized carbons (Fsp3) is 0.435. The van der Waals surface area contributed by atoms with Crippen molar-refractivity contribution in [3.8, 4) is 0 Å². The van der Waals surface area contributed by atoms with Crippen molar-refractivity contribution in [2.45, 2.75) is 51.2 Å². The van der Waals surface area contributed by atoms with E-state index in [1.807, 2.05) is 11.0 Å². The zero-order valence-corrected chi connectivity index (χ0v) is 16.8. The average Bonchev–Trinajstić information content (AvgIpc) is 3.48. The predicted octanol–water partition coefficient (Wildman–Crippen LogP) is 4.73. The van der Waals surface area contributed by atoms with E-state index < -0.39 is 0 Å². The predicted molar refractivity (Wildman–Crippen MR) is 111 cm³/mol. The average molecular weight is 396 g/mol. The second-order valence-electron chi connectivity index (χ2n) is 7.90. The van der Waals surface area contributed by atoms with Gasteiger partial charge in [0.25, 0.3) is 0 Å². The monoisotopic (exact) mass is 395 g/mol. The molecule has 5 rings (SSSR count). The Bertz CT molecular complexity index is 969. The van der Waals surface area contributed by atoms with Gasteiger partial charge in [0.15, 0.2) is 0 Å². The van der Waals surface area contributed by atoms with Crippen LogP contribution in [-0.2, 0) is 35.3 Å². The maximum Gasteiger partial charge on any atom is 0.227 e. The van der Waals surface area contributed by atoms with Crippen LogP contribution in [0.3, 0.4) is 0 Å². The number of thiophene rings is 1. The molecule has 1 saturated heterocycles. The molecule has 1 aliphatic heterocycles. The zero-order valence-electron chi connectivity index (χ0n) is 16.0. The maximum atomic E-state index is 13.2. The summed E-state index contributed by atoms with van der Waals surface area (Å²) in [6, 6.07) is 8.55. The highest BCUT2D eigenvalue weighted by molar-refractivity contribution is 7.09. The number of hydrogen-bond acceptors (Lipinski definition) is 4. The molecule has 1 unspecified atom stereocenters. The van der Waals surface area contributed by atoms with Gasteiger partial charge in [-0.3, -0.25) is 4.79 Å². The van der Waals surface area contributed by atoms with E-state index in [-0.39, 0.29) is 12.0 Å². The number of benzene rings is 1. The van der Waals surface area contributed by atoms with Gasteiger partial charge in [0.05, 0.1) is 25.3 Å². The first kappa shape index (κ1) is 18.0. The van der Waals surface area contributed by atoms with E-state index >= 15 is 0 Å². The molecule has 1 aromatic carbocycles. The lowest BCUT2D eigenvalue weighted by molar-refractivity contribution is -0.132. The minimum absolute atomic E-state index is 0.145. The summed E-state index contributed by atoms with van der Waals surface area (Å²) in [5.41, 5.74) is 4.72. The lowest BCUT2D eigenvalue weighted by Gasteiger charge is -2.25. The van der Waals surface area contributed by atoms with Crippen molar-refractivity contribution in [2.24, 2.45) is 0 Å². The van der Waals surface area contributed by atoms with Crippen molar-refractivity contribution in [3.63, 3.8) is 0 Å². The summed E-state index contributed by atoms with van der Waals surface area (Å²) in [6.45, 7) is 2.13. The Hall–Kier alpha value is -2.11. The standard InChI is InChI=1S/C23H25NO3S/c25-23(24(13-19-6-2-8-26-19)14-20-7-3-9-28-20)12-18-15-27-22-11-17-5-1-4-16(17)10-21(18)22/h3,7,9-11,15,19H,1-2,4-6,8,12-14H2. The summed E-state index contributed by atoms with van der Waals surface area (Å²) >= 11 is 1.70. The Kier molecular flexibility index (Phi) is 4.95. The number of furan rings is 1. The molecule has 4 nitrogen and oxygen atoms in total. The van der Waals surface area contributed by atoms with E-state index in [0.29, 0.717) is 19.5 Å². The van der Waals surface area contributed by atoms with E-state index in [4.69, 9.17) is 9.15 Å². The van der Waals surface area contributed by atoms with Gasteiger partial charge < -0.3 is 14.1 Å². The molecule has 0 radical (unpaired) electrons. The first-order valence-electron chi connectivity index (χ1n) is 10.2. The number of nitrogens with zero attached hydrogens (tertiary/aromatic N) is 1. The van der Waals surface area contributed by atoms with Gasteiger partial charge >= 0.3 is 0 Å². The van der Waals surface area contributed by atoms with Crippen molar-refractivity contribution in [3.05, 3.63) is 57.5 Å². The summed E-state index contributed by atoms with van der Waals surface area (Å²) in [5, 5.41) is 3.16. The van der Waals surface area contributed by atoms with Crippen LogP contribution in [-0.4, -0.2) is 30.1 Å². The molecule has 1 fully saturated rings. The Morgan fingerprint density at radius 2 is 2.11 bits per heavy atom. The van der Waals surface area contributed by atoms with Crippen LogP contribution < -0.4 is 0 Å². The molecule has 1 amide bonds. The first-order chi connectivity index (χ1) is 13.8. The van der Waals surface area contributed by atoms with Crippen LogP contribution in [0.1, 0.15) is 40.8 Å². The molecule has 5 heteroatoms. The third-order valence-electron chi connectivity index (χ3n) is 5.94. The molecular weight excluding hydrogens is 370 g/mol. The Balaban J connectivity index is 1.37. The number of amides is 1. The van der Waals surface area contributed by atoms with Gasteiger partial charge in [-0.1, -0.05) is 6.07 Å². The van der Waals surface area contributed by atoms with Gasteiger partial charge in [-0.2, -0.15) is 0 Å². The number of carbonyl (C=O) groups is 1. The molecule has 2 aromatic heterocycles. The van der Waals surface area contributed by atoms with Gasteiger partial charge in [-0.25, -0.2) is 0 Å². The van der Waals surface area contributed by atoms with E-state index in [9.17, 15) is 4.79 Å². The summed E-state index contributed by atoms with van der Waals surface area (Å²) < 4.78 is 11.6. The van der Waals surface area contributed by atoms with Gasteiger partial charge in [0.1, 0.15) is 5.58 Å². The van der Waals surface area contributed by atoms with Gasteiger partial charge in [-0.15, -0.1) is 11.3 Å². The smallest absolute Gasteiger partial charge is 0.227 e. The van der Waals surface area contributed by atoms with E-state index in [1.165, 1.54) is 22.4 Å². The number of aryl methyl sites for hydroxylation is 2.